The third-order valence-electron chi connectivity index (χ3n) is 4.94. The van der Waals surface area contributed by atoms with E-state index in [1.165, 1.54) is 108 Å². The maximum absolute atomic E-state index is 5.68. The van der Waals surface area contributed by atoms with Crippen molar-refractivity contribution in [2.24, 2.45) is 0 Å². The van der Waals surface area contributed by atoms with E-state index < -0.39 is 0 Å². The van der Waals surface area contributed by atoms with Gasteiger partial charge in [0.2, 0.25) is 0 Å². The fourth-order valence-corrected chi connectivity index (χ4v) is 4.19. The van der Waals surface area contributed by atoms with Crippen molar-refractivity contribution in [1.29, 1.82) is 0 Å². The zero-order valence-electron chi connectivity index (χ0n) is 16.3. The third kappa shape index (κ3) is 14.4. The van der Waals surface area contributed by atoms with Crippen LogP contribution in [0.25, 0.3) is 0 Å². The van der Waals surface area contributed by atoms with E-state index in [-0.39, 0.29) is 0 Å². The summed E-state index contributed by atoms with van der Waals surface area (Å²) >= 11 is 2.10. The van der Waals surface area contributed by atoms with Crippen LogP contribution in [0.1, 0.15) is 103 Å². The summed E-state index contributed by atoms with van der Waals surface area (Å²) in [5.74, 6) is 2.57. The van der Waals surface area contributed by atoms with Gasteiger partial charge in [0, 0.05) is 12.4 Å². The first-order valence-corrected chi connectivity index (χ1v) is 11.9. The average Bonchev–Trinajstić information content (AvgIpc) is 3.11. The SMILES string of the molecule is CCCCC=CCSCCCCCCCCCCCC1CCCO1. The van der Waals surface area contributed by atoms with Crippen LogP contribution in [-0.4, -0.2) is 24.2 Å². The lowest BCUT2D eigenvalue weighted by Gasteiger charge is -2.08. The molecule has 0 saturated carbocycles. The summed E-state index contributed by atoms with van der Waals surface area (Å²) in [5.41, 5.74) is 0. The second-order valence-corrected chi connectivity index (χ2v) is 8.44. The van der Waals surface area contributed by atoms with E-state index in [0.717, 1.165) is 6.61 Å². The van der Waals surface area contributed by atoms with Crippen LogP contribution in [0.2, 0.25) is 0 Å². The molecular weight excluding hydrogens is 312 g/mol. The molecule has 1 atom stereocenters. The Morgan fingerprint density at radius 1 is 0.875 bits per heavy atom. The Labute approximate surface area is 156 Å². The summed E-state index contributed by atoms with van der Waals surface area (Å²) in [7, 11) is 0. The Hall–Kier alpha value is 0.0500. The summed E-state index contributed by atoms with van der Waals surface area (Å²) in [4.78, 5) is 0. The molecular formula is C22H42OS. The highest BCUT2D eigenvalue weighted by Gasteiger charge is 2.14. The van der Waals surface area contributed by atoms with Crippen molar-refractivity contribution in [1.82, 2.24) is 0 Å². The standard InChI is InChI=1S/C22H42OS/c1-2-3-4-11-14-20-24-21-15-12-9-7-5-6-8-10-13-17-22-18-16-19-23-22/h11,14,22H,2-10,12-13,15-21H2,1H3. The van der Waals surface area contributed by atoms with Crippen LogP contribution in [-0.2, 0) is 4.74 Å². The fraction of sp³-hybridized carbons (Fsp3) is 0.909. The van der Waals surface area contributed by atoms with Gasteiger partial charge in [0.25, 0.3) is 0 Å². The molecule has 0 amide bonds. The Bertz CT molecular complexity index is 271. The van der Waals surface area contributed by atoms with Crippen LogP contribution in [0, 0.1) is 0 Å². The van der Waals surface area contributed by atoms with E-state index in [4.69, 9.17) is 4.74 Å². The van der Waals surface area contributed by atoms with Gasteiger partial charge in [-0.2, -0.15) is 11.8 Å². The summed E-state index contributed by atoms with van der Waals surface area (Å²) in [6.07, 6.45) is 26.0. The number of hydrogen-bond acceptors (Lipinski definition) is 2. The van der Waals surface area contributed by atoms with Gasteiger partial charge in [-0.15, -0.1) is 0 Å². The Morgan fingerprint density at radius 3 is 2.25 bits per heavy atom. The van der Waals surface area contributed by atoms with Crippen molar-refractivity contribution in [3.63, 3.8) is 0 Å². The number of hydrogen-bond donors (Lipinski definition) is 0. The fourth-order valence-electron chi connectivity index (χ4n) is 3.34. The van der Waals surface area contributed by atoms with Crippen molar-refractivity contribution < 1.29 is 4.74 Å². The Balaban J connectivity index is 1.66. The minimum atomic E-state index is 0.606. The van der Waals surface area contributed by atoms with Gasteiger partial charge in [0.05, 0.1) is 6.10 Å². The van der Waals surface area contributed by atoms with Crippen LogP contribution in [0.3, 0.4) is 0 Å². The first-order chi connectivity index (χ1) is 11.9. The molecule has 0 N–H and O–H groups in total. The highest BCUT2D eigenvalue weighted by atomic mass is 32.2. The maximum Gasteiger partial charge on any atom is 0.0576 e. The maximum atomic E-state index is 5.68. The van der Waals surface area contributed by atoms with Gasteiger partial charge < -0.3 is 4.74 Å². The molecule has 0 aromatic rings. The van der Waals surface area contributed by atoms with Gasteiger partial charge in [-0.05, 0) is 37.9 Å². The monoisotopic (exact) mass is 354 g/mol. The van der Waals surface area contributed by atoms with Gasteiger partial charge in [0.15, 0.2) is 0 Å². The number of thioether (sulfide) groups is 1. The number of allylic oxidation sites excluding steroid dienone is 1. The van der Waals surface area contributed by atoms with Crippen LogP contribution in [0.15, 0.2) is 12.2 Å². The molecule has 2 heteroatoms. The summed E-state index contributed by atoms with van der Waals surface area (Å²) in [6, 6.07) is 0. The van der Waals surface area contributed by atoms with E-state index in [1.807, 2.05) is 0 Å². The molecule has 1 aliphatic heterocycles. The molecule has 142 valence electrons. The van der Waals surface area contributed by atoms with Crippen LogP contribution >= 0.6 is 11.8 Å². The normalized spacial score (nSPS) is 18.0. The molecule has 0 aromatic carbocycles. The molecule has 1 rings (SSSR count). The lowest BCUT2D eigenvalue weighted by molar-refractivity contribution is 0.102. The molecule has 1 aliphatic rings. The van der Waals surface area contributed by atoms with Crippen molar-refractivity contribution in [3.8, 4) is 0 Å². The van der Waals surface area contributed by atoms with Gasteiger partial charge >= 0.3 is 0 Å². The first kappa shape index (κ1) is 22.1. The van der Waals surface area contributed by atoms with E-state index in [9.17, 15) is 0 Å². The Kier molecular flexibility index (Phi) is 16.4. The van der Waals surface area contributed by atoms with Gasteiger partial charge in [-0.3, -0.25) is 0 Å². The van der Waals surface area contributed by atoms with Gasteiger partial charge in [-0.25, -0.2) is 0 Å². The van der Waals surface area contributed by atoms with Crippen molar-refractivity contribution >= 4 is 11.8 Å². The van der Waals surface area contributed by atoms with Crippen molar-refractivity contribution in [2.45, 2.75) is 109 Å². The Morgan fingerprint density at radius 2 is 1.58 bits per heavy atom. The van der Waals surface area contributed by atoms with Crippen LogP contribution in [0.4, 0.5) is 0 Å². The highest BCUT2D eigenvalue weighted by molar-refractivity contribution is 7.99. The van der Waals surface area contributed by atoms with E-state index in [0.29, 0.717) is 6.10 Å². The highest BCUT2D eigenvalue weighted by Crippen LogP contribution is 2.19. The minimum absolute atomic E-state index is 0.606. The van der Waals surface area contributed by atoms with Crippen molar-refractivity contribution in [2.75, 3.05) is 18.1 Å². The van der Waals surface area contributed by atoms with Gasteiger partial charge in [0.1, 0.15) is 0 Å². The lowest BCUT2D eigenvalue weighted by Crippen LogP contribution is -2.03. The average molecular weight is 355 g/mol. The summed E-state index contributed by atoms with van der Waals surface area (Å²) in [5, 5.41) is 0. The molecule has 1 heterocycles. The molecule has 1 saturated heterocycles. The molecule has 1 unspecified atom stereocenters. The first-order valence-electron chi connectivity index (χ1n) is 10.8. The molecule has 0 bridgehead atoms. The molecule has 0 radical (unpaired) electrons. The van der Waals surface area contributed by atoms with Crippen molar-refractivity contribution in [3.05, 3.63) is 12.2 Å². The van der Waals surface area contributed by atoms with Crippen LogP contribution < -0.4 is 0 Å². The zero-order valence-corrected chi connectivity index (χ0v) is 17.1. The predicted octanol–water partition coefficient (Wildman–Crippen LogP) is 7.55. The quantitative estimate of drug-likeness (QED) is 0.197. The summed E-state index contributed by atoms with van der Waals surface area (Å²) < 4.78 is 5.68. The molecule has 24 heavy (non-hydrogen) atoms. The van der Waals surface area contributed by atoms with E-state index >= 15 is 0 Å². The minimum Gasteiger partial charge on any atom is -0.378 e. The molecule has 0 aromatic heterocycles. The number of unbranched alkanes of at least 4 members (excludes halogenated alkanes) is 10. The van der Waals surface area contributed by atoms with E-state index in [2.05, 4.69) is 30.8 Å². The molecule has 0 spiro atoms. The second-order valence-electron chi connectivity index (χ2n) is 7.29. The second kappa shape index (κ2) is 17.9. The van der Waals surface area contributed by atoms with Gasteiger partial charge in [-0.1, -0.05) is 83.3 Å². The molecule has 1 fully saturated rings. The smallest absolute Gasteiger partial charge is 0.0576 e. The topological polar surface area (TPSA) is 9.23 Å². The zero-order chi connectivity index (χ0) is 17.1. The number of ether oxygens (including phenoxy) is 1. The largest absolute Gasteiger partial charge is 0.378 e. The number of rotatable bonds is 17. The van der Waals surface area contributed by atoms with E-state index in [1.54, 1.807) is 0 Å². The van der Waals surface area contributed by atoms with Crippen LogP contribution in [0.5, 0.6) is 0 Å². The molecule has 1 nitrogen and oxygen atoms in total. The predicted molar refractivity (Wildman–Crippen MR) is 111 cm³/mol. The third-order valence-corrected chi connectivity index (χ3v) is 5.95. The molecule has 0 aliphatic carbocycles. The summed E-state index contributed by atoms with van der Waals surface area (Å²) in [6.45, 7) is 3.27. The lowest BCUT2D eigenvalue weighted by atomic mass is 10.0.